The zero-order valence-corrected chi connectivity index (χ0v) is 11.2. The van der Waals surface area contributed by atoms with Gasteiger partial charge in [-0.15, -0.1) is 0 Å². The Balaban J connectivity index is 2.09. The van der Waals surface area contributed by atoms with Crippen LogP contribution < -0.4 is 4.74 Å². The van der Waals surface area contributed by atoms with Gasteiger partial charge < -0.3 is 14.9 Å². The maximum atomic E-state index is 12.0. The number of phenols is 2. The van der Waals surface area contributed by atoms with Crippen molar-refractivity contribution in [1.82, 2.24) is 0 Å². The summed E-state index contributed by atoms with van der Waals surface area (Å²) in [6.07, 6.45) is 2.70. The summed E-state index contributed by atoms with van der Waals surface area (Å²) in [5.41, 5.74) is 0.653. The Labute approximate surface area is 124 Å². The Morgan fingerprint density at radius 1 is 1.09 bits per heavy atom. The van der Waals surface area contributed by atoms with Crippen LogP contribution in [0.4, 0.5) is 8.78 Å². The Kier molecular flexibility index (Phi) is 4.73. The number of allylic oxidation sites excluding steroid dienone is 1. The van der Waals surface area contributed by atoms with Gasteiger partial charge >= 0.3 is 6.61 Å². The van der Waals surface area contributed by atoms with E-state index in [2.05, 4.69) is 4.74 Å². The number of benzene rings is 2. The molecule has 0 radical (unpaired) electrons. The van der Waals surface area contributed by atoms with E-state index in [1.807, 2.05) is 0 Å². The minimum absolute atomic E-state index is 0.0228. The van der Waals surface area contributed by atoms with E-state index in [-0.39, 0.29) is 22.8 Å². The van der Waals surface area contributed by atoms with Crippen molar-refractivity contribution in [2.45, 2.75) is 6.61 Å². The number of carbonyl (C=O) groups excluding carboxylic acids is 1. The lowest BCUT2D eigenvalue weighted by atomic mass is 10.1. The lowest BCUT2D eigenvalue weighted by molar-refractivity contribution is -0.0498. The Bertz CT molecular complexity index is 694. The van der Waals surface area contributed by atoms with E-state index in [9.17, 15) is 18.7 Å². The maximum absolute atomic E-state index is 12.0. The molecule has 0 spiro atoms. The van der Waals surface area contributed by atoms with E-state index >= 15 is 0 Å². The fourth-order valence-electron chi connectivity index (χ4n) is 1.75. The number of hydrogen-bond donors (Lipinski definition) is 2. The highest BCUT2D eigenvalue weighted by atomic mass is 19.3. The number of ketones is 1. The number of carbonyl (C=O) groups is 1. The Morgan fingerprint density at radius 2 is 1.77 bits per heavy atom. The molecule has 114 valence electrons. The van der Waals surface area contributed by atoms with Crippen molar-refractivity contribution in [3.05, 3.63) is 59.7 Å². The first-order valence-corrected chi connectivity index (χ1v) is 6.25. The summed E-state index contributed by atoms with van der Waals surface area (Å²) in [5.74, 6) is -0.900. The fraction of sp³-hybridized carbons (Fsp3) is 0.0625. The third kappa shape index (κ3) is 4.05. The molecule has 0 aliphatic carbocycles. The number of ether oxygens (including phenoxy) is 1. The molecule has 2 N–H and O–H groups in total. The quantitative estimate of drug-likeness (QED) is 0.654. The first kappa shape index (κ1) is 15.5. The van der Waals surface area contributed by atoms with Crippen LogP contribution in [0.15, 0.2) is 48.5 Å². The van der Waals surface area contributed by atoms with Crippen molar-refractivity contribution < 1.29 is 28.5 Å². The molecular formula is C16H12F2O4. The second-order valence-corrected chi connectivity index (χ2v) is 4.35. The SMILES string of the molecule is O=C(/C=C/c1ccc(OC(F)F)cc1)c1ccc(O)cc1O. The molecule has 2 rings (SSSR count). The van der Waals surface area contributed by atoms with Crippen molar-refractivity contribution in [1.29, 1.82) is 0 Å². The highest BCUT2D eigenvalue weighted by Crippen LogP contribution is 2.23. The molecular weight excluding hydrogens is 294 g/mol. The summed E-state index contributed by atoms with van der Waals surface area (Å²) in [7, 11) is 0. The second kappa shape index (κ2) is 6.71. The average molecular weight is 306 g/mol. The van der Waals surface area contributed by atoms with Crippen LogP contribution in [0.5, 0.6) is 17.2 Å². The topological polar surface area (TPSA) is 66.8 Å². The molecule has 0 saturated heterocycles. The smallest absolute Gasteiger partial charge is 0.387 e. The van der Waals surface area contributed by atoms with Crippen LogP contribution in [0.3, 0.4) is 0 Å². The first-order chi connectivity index (χ1) is 10.5. The molecule has 0 amide bonds. The summed E-state index contributed by atoms with van der Waals surface area (Å²) in [5, 5.41) is 18.7. The van der Waals surface area contributed by atoms with E-state index in [1.165, 1.54) is 48.6 Å². The van der Waals surface area contributed by atoms with Crippen LogP contribution in [-0.2, 0) is 0 Å². The van der Waals surface area contributed by atoms with Gasteiger partial charge in [-0.3, -0.25) is 4.79 Å². The molecule has 0 unspecified atom stereocenters. The predicted octanol–water partition coefficient (Wildman–Crippen LogP) is 3.60. The van der Waals surface area contributed by atoms with Crippen molar-refractivity contribution in [2.75, 3.05) is 0 Å². The summed E-state index contributed by atoms with van der Waals surface area (Å²) in [6.45, 7) is -2.89. The third-order valence-corrected chi connectivity index (χ3v) is 2.78. The van der Waals surface area contributed by atoms with E-state index in [1.54, 1.807) is 0 Å². The van der Waals surface area contributed by atoms with Gasteiger partial charge in [-0.1, -0.05) is 18.2 Å². The number of aromatic hydroxyl groups is 2. The summed E-state index contributed by atoms with van der Waals surface area (Å²) in [6, 6.07) is 9.39. The maximum Gasteiger partial charge on any atom is 0.387 e. The number of alkyl halides is 2. The van der Waals surface area contributed by atoms with Crippen LogP contribution in [0.1, 0.15) is 15.9 Å². The van der Waals surface area contributed by atoms with E-state index < -0.39 is 12.4 Å². The van der Waals surface area contributed by atoms with Crippen LogP contribution in [0.25, 0.3) is 6.08 Å². The lowest BCUT2D eigenvalue weighted by Gasteiger charge is -2.04. The van der Waals surface area contributed by atoms with Crippen LogP contribution in [0, 0.1) is 0 Å². The van der Waals surface area contributed by atoms with Crippen LogP contribution >= 0.6 is 0 Å². The monoisotopic (exact) mass is 306 g/mol. The third-order valence-electron chi connectivity index (χ3n) is 2.78. The molecule has 22 heavy (non-hydrogen) atoms. The molecule has 0 aromatic heterocycles. The molecule has 0 atom stereocenters. The van der Waals surface area contributed by atoms with E-state index in [0.717, 1.165) is 6.07 Å². The van der Waals surface area contributed by atoms with Crippen molar-refractivity contribution >= 4 is 11.9 Å². The van der Waals surface area contributed by atoms with Gasteiger partial charge in [0.05, 0.1) is 5.56 Å². The van der Waals surface area contributed by atoms with Gasteiger partial charge in [0, 0.05) is 6.07 Å². The molecule has 2 aromatic carbocycles. The highest BCUT2D eigenvalue weighted by molar-refractivity contribution is 6.08. The van der Waals surface area contributed by atoms with Gasteiger partial charge in [0.1, 0.15) is 17.2 Å². The predicted molar refractivity (Wildman–Crippen MR) is 76.2 cm³/mol. The largest absolute Gasteiger partial charge is 0.508 e. The van der Waals surface area contributed by atoms with Crippen LogP contribution in [0.2, 0.25) is 0 Å². The van der Waals surface area contributed by atoms with Gasteiger partial charge in [0.15, 0.2) is 5.78 Å². The minimum Gasteiger partial charge on any atom is -0.508 e. The molecule has 6 heteroatoms. The molecule has 4 nitrogen and oxygen atoms in total. The molecule has 0 bridgehead atoms. The molecule has 0 saturated carbocycles. The highest BCUT2D eigenvalue weighted by Gasteiger charge is 2.08. The molecule has 0 aliphatic heterocycles. The molecule has 0 fully saturated rings. The van der Waals surface area contributed by atoms with Gasteiger partial charge in [-0.2, -0.15) is 8.78 Å². The van der Waals surface area contributed by atoms with Crippen LogP contribution in [-0.4, -0.2) is 22.6 Å². The van der Waals surface area contributed by atoms with Gasteiger partial charge in [-0.25, -0.2) is 0 Å². The minimum atomic E-state index is -2.89. The Morgan fingerprint density at radius 3 is 2.36 bits per heavy atom. The van der Waals surface area contributed by atoms with Gasteiger partial charge in [0.25, 0.3) is 0 Å². The van der Waals surface area contributed by atoms with Gasteiger partial charge in [0.2, 0.25) is 0 Å². The number of phenolic OH excluding ortho intramolecular Hbond substituents is 2. The molecule has 0 aliphatic rings. The van der Waals surface area contributed by atoms with Crippen molar-refractivity contribution in [3.63, 3.8) is 0 Å². The number of rotatable bonds is 5. The second-order valence-electron chi connectivity index (χ2n) is 4.35. The summed E-state index contributed by atoms with van der Waals surface area (Å²) >= 11 is 0. The van der Waals surface area contributed by atoms with Crippen molar-refractivity contribution in [2.24, 2.45) is 0 Å². The zero-order valence-electron chi connectivity index (χ0n) is 11.2. The standard InChI is InChI=1S/C16H12F2O4/c17-16(18)22-12-5-1-10(2-6-12)3-8-14(20)13-7-4-11(19)9-15(13)21/h1-9,16,19,21H/b8-3+. The molecule has 0 heterocycles. The lowest BCUT2D eigenvalue weighted by Crippen LogP contribution is -2.01. The number of hydrogen-bond acceptors (Lipinski definition) is 4. The average Bonchev–Trinajstić information content (AvgIpc) is 2.45. The number of halogens is 2. The van der Waals surface area contributed by atoms with Crippen molar-refractivity contribution in [3.8, 4) is 17.2 Å². The first-order valence-electron chi connectivity index (χ1n) is 6.25. The van der Waals surface area contributed by atoms with E-state index in [4.69, 9.17) is 5.11 Å². The fourth-order valence-corrected chi connectivity index (χ4v) is 1.75. The van der Waals surface area contributed by atoms with Gasteiger partial charge in [-0.05, 0) is 35.9 Å². The Hall–Kier alpha value is -2.89. The summed E-state index contributed by atoms with van der Waals surface area (Å²) in [4.78, 5) is 11.9. The molecule has 2 aromatic rings. The zero-order chi connectivity index (χ0) is 16.1. The van der Waals surface area contributed by atoms with E-state index in [0.29, 0.717) is 5.56 Å². The normalized spacial score (nSPS) is 11.0. The summed E-state index contributed by atoms with van der Waals surface area (Å²) < 4.78 is 28.2.